The number of carbonyl (C=O) groups excluding carboxylic acids is 1. The predicted octanol–water partition coefficient (Wildman–Crippen LogP) is 2.23. The molecule has 2 N–H and O–H groups in total. The van der Waals surface area contributed by atoms with E-state index in [4.69, 9.17) is 0 Å². The second-order valence-corrected chi connectivity index (χ2v) is 6.47. The molecule has 0 aliphatic heterocycles. The Morgan fingerprint density at radius 1 is 1.36 bits per heavy atom. The van der Waals surface area contributed by atoms with E-state index in [0.717, 1.165) is 5.01 Å². The van der Waals surface area contributed by atoms with Gasteiger partial charge < -0.3 is 15.5 Å². The fourth-order valence-corrected chi connectivity index (χ4v) is 2.69. The SMILES string of the molecule is Cc1cnc([C@@H](C)CNC(=O)Nc2cncnc2N(C)C)s1. The smallest absolute Gasteiger partial charge is 0.319 e. The maximum Gasteiger partial charge on any atom is 0.319 e. The van der Waals surface area contributed by atoms with Crippen LogP contribution in [0.25, 0.3) is 0 Å². The van der Waals surface area contributed by atoms with Crippen molar-refractivity contribution in [1.29, 1.82) is 0 Å². The van der Waals surface area contributed by atoms with Crippen molar-refractivity contribution in [1.82, 2.24) is 20.3 Å². The molecule has 118 valence electrons. The number of aromatic nitrogens is 3. The molecule has 0 aliphatic rings. The molecule has 2 rings (SSSR count). The Bertz CT molecular complexity index is 642. The average molecular weight is 320 g/mol. The minimum Gasteiger partial charge on any atom is -0.361 e. The van der Waals surface area contributed by atoms with Crippen molar-refractivity contribution in [2.75, 3.05) is 30.9 Å². The number of nitrogens with one attached hydrogen (secondary N) is 2. The predicted molar refractivity (Wildman–Crippen MR) is 88.6 cm³/mol. The van der Waals surface area contributed by atoms with Crippen molar-refractivity contribution in [2.24, 2.45) is 0 Å². The zero-order valence-electron chi connectivity index (χ0n) is 13.1. The number of amides is 2. The van der Waals surface area contributed by atoms with E-state index >= 15 is 0 Å². The van der Waals surface area contributed by atoms with E-state index in [1.807, 2.05) is 39.0 Å². The molecule has 2 aromatic rings. The van der Waals surface area contributed by atoms with Crippen molar-refractivity contribution in [2.45, 2.75) is 19.8 Å². The van der Waals surface area contributed by atoms with Crippen molar-refractivity contribution in [3.05, 3.63) is 28.6 Å². The molecule has 0 aliphatic carbocycles. The second-order valence-electron chi connectivity index (χ2n) is 5.20. The van der Waals surface area contributed by atoms with Crippen LogP contribution in [-0.4, -0.2) is 41.6 Å². The first kappa shape index (κ1) is 16.2. The molecule has 0 aromatic carbocycles. The Labute approximate surface area is 133 Å². The van der Waals surface area contributed by atoms with Gasteiger partial charge in [-0.25, -0.2) is 19.7 Å². The summed E-state index contributed by atoms with van der Waals surface area (Å²) >= 11 is 1.65. The number of rotatable bonds is 5. The van der Waals surface area contributed by atoms with Crippen LogP contribution >= 0.6 is 11.3 Å². The molecule has 8 heteroatoms. The molecule has 22 heavy (non-hydrogen) atoms. The lowest BCUT2D eigenvalue weighted by Crippen LogP contribution is -2.32. The van der Waals surface area contributed by atoms with E-state index in [0.29, 0.717) is 18.1 Å². The first-order valence-electron chi connectivity index (χ1n) is 6.92. The summed E-state index contributed by atoms with van der Waals surface area (Å²) in [5.74, 6) is 0.832. The van der Waals surface area contributed by atoms with Crippen molar-refractivity contribution in [3.8, 4) is 0 Å². The zero-order valence-corrected chi connectivity index (χ0v) is 13.9. The average Bonchev–Trinajstić information content (AvgIpc) is 2.92. The van der Waals surface area contributed by atoms with E-state index in [1.54, 1.807) is 17.5 Å². The van der Waals surface area contributed by atoms with Crippen LogP contribution < -0.4 is 15.5 Å². The number of urea groups is 1. The van der Waals surface area contributed by atoms with Crippen LogP contribution in [0.2, 0.25) is 0 Å². The van der Waals surface area contributed by atoms with Crippen molar-refractivity contribution < 1.29 is 4.79 Å². The topological polar surface area (TPSA) is 83.0 Å². The van der Waals surface area contributed by atoms with Gasteiger partial charge in [0.1, 0.15) is 12.0 Å². The summed E-state index contributed by atoms with van der Waals surface area (Å²) in [6.45, 7) is 4.57. The molecule has 7 nitrogen and oxygen atoms in total. The molecule has 0 spiro atoms. The second kappa shape index (κ2) is 7.17. The third-order valence-electron chi connectivity index (χ3n) is 2.99. The van der Waals surface area contributed by atoms with Gasteiger partial charge in [0.15, 0.2) is 5.82 Å². The minimum atomic E-state index is -0.280. The molecule has 0 radical (unpaired) electrons. The minimum absolute atomic E-state index is 0.171. The molecule has 0 saturated heterocycles. The van der Waals surface area contributed by atoms with Gasteiger partial charge in [-0.3, -0.25) is 0 Å². The fourth-order valence-electron chi connectivity index (χ4n) is 1.87. The fraction of sp³-hybridized carbons (Fsp3) is 0.429. The molecule has 0 saturated carbocycles. The molecule has 0 fully saturated rings. The maximum atomic E-state index is 12.0. The highest BCUT2D eigenvalue weighted by Gasteiger charge is 2.13. The molecule has 2 heterocycles. The Balaban J connectivity index is 1.91. The number of hydrogen-bond acceptors (Lipinski definition) is 6. The van der Waals surface area contributed by atoms with Gasteiger partial charge in [-0.05, 0) is 6.92 Å². The first-order chi connectivity index (χ1) is 10.5. The summed E-state index contributed by atoms with van der Waals surface area (Å²) in [4.78, 5) is 27.4. The molecule has 1 atom stereocenters. The Kier molecular flexibility index (Phi) is 5.26. The lowest BCUT2D eigenvalue weighted by Gasteiger charge is -2.16. The zero-order chi connectivity index (χ0) is 16.1. The van der Waals surface area contributed by atoms with Crippen LogP contribution in [0.15, 0.2) is 18.7 Å². The Morgan fingerprint density at radius 2 is 2.14 bits per heavy atom. The third kappa shape index (κ3) is 4.14. The van der Waals surface area contributed by atoms with Crippen LogP contribution in [0.4, 0.5) is 16.3 Å². The van der Waals surface area contributed by atoms with Gasteiger partial charge in [-0.1, -0.05) is 6.92 Å². The Hall–Kier alpha value is -2.22. The van der Waals surface area contributed by atoms with Crippen molar-refractivity contribution in [3.63, 3.8) is 0 Å². The summed E-state index contributed by atoms with van der Waals surface area (Å²) in [7, 11) is 3.72. The molecule has 2 aromatic heterocycles. The highest BCUT2D eigenvalue weighted by Crippen LogP contribution is 2.21. The highest BCUT2D eigenvalue weighted by molar-refractivity contribution is 7.11. The summed E-state index contributed by atoms with van der Waals surface area (Å²) < 4.78 is 0. The monoisotopic (exact) mass is 320 g/mol. The molecule has 0 unspecified atom stereocenters. The van der Waals surface area contributed by atoms with Gasteiger partial charge in [0.2, 0.25) is 0 Å². The third-order valence-corrected chi connectivity index (χ3v) is 4.14. The van der Waals surface area contributed by atoms with Gasteiger partial charge in [0, 0.05) is 37.6 Å². The first-order valence-corrected chi connectivity index (χ1v) is 7.73. The van der Waals surface area contributed by atoms with E-state index in [2.05, 4.69) is 25.6 Å². The maximum absolute atomic E-state index is 12.0. The summed E-state index contributed by atoms with van der Waals surface area (Å²) in [5, 5.41) is 6.64. The van der Waals surface area contributed by atoms with Crippen LogP contribution in [-0.2, 0) is 0 Å². The lowest BCUT2D eigenvalue weighted by atomic mass is 10.2. The summed E-state index contributed by atoms with van der Waals surface area (Å²) in [5.41, 5.74) is 0.572. The molecule has 2 amide bonds. The van der Waals surface area contributed by atoms with E-state index in [9.17, 15) is 4.79 Å². The number of thiazole rings is 1. The quantitative estimate of drug-likeness (QED) is 0.883. The number of aryl methyl sites for hydroxylation is 1. The van der Waals surface area contributed by atoms with Crippen molar-refractivity contribution >= 4 is 28.9 Å². The van der Waals surface area contributed by atoms with Crippen LogP contribution in [0.1, 0.15) is 22.7 Å². The van der Waals surface area contributed by atoms with Gasteiger partial charge in [-0.15, -0.1) is 11.3 Å². The lowest BCUT2D eigenvalue weighted by molar-refractivity contribution is 0.251. The largest absolute Gasteiger partial charge is 0.361 e. The van der Waals surface area contributed by atoms with Crippen LogP contribution in [0, 0.1) is 6.92 Å². The summed E-state index contributed by atoms with van der Waals surface area (Å²) in [6.07, 6.45) is 4.88. The van der Waals surface area contributed by atoms with E-state index < -0.39 is 0 Å². The molecular weight excluding hydrogens is 300 g/mol. The van der Waals surface area contributed by atoms with Crippen LogP contribution in [0.5, 0.6) is 0 Å². The van der Waals surface area contributed by atoms with Gasteiger partial charge >= 0.3 is 6.03 Å². The Morgan fingerprint density at radius 3 is 2.77 bits per heavy atom. The summed E-state index contributed by atoms with van der Waals surface area (Å²) in [6, 6.07) is -0.280. The molecular formula is C14H20N6OS. The molecule has 0 bridgehead atoms. The number of carbonyl (C=O) groups is 1. The van der Waals surface area contributed by atoms with Crippen LogP contribution in [0.3, 0.4) is 0 Å². The number of anilines is 2. The highest BCUT2D eigenvalue weighted by atomic mass is 32.1. The van der Waals surface area contributed by atoms with E-state index in [1.165, 1.54) is 11.2 Å². The van der Waals surface area contributed by atoms with Gasteiger partial charge in [0.25, 0.3) is 0 Å². The normalized spacial score (nSPS) is 11.8. The van der Waals surface area contributed by atoms with E-state index in [-0.39, 0.29) is 11.9 Å². The standard InChI is InChI=1S/C14H20N6OS/c1-9(13-16-6-10(2)22-13)5-17-14(21)19-11-7-15-8-18-12(11)20(3)4/h6-9H,5H2,1-4H3,(H2,17,19,21)/t9-/m0/s1. The number of hydrogen-bond donors (Lipinski definition) is 2. The van der Waals surface area contributed by atoms with Gasteiger partial charge in [0.05, 0.1) is 11.2 Å². The number of nitrogens with zero attached hydrogens (tertiary/aromatic N) is 4. The van der Waals surface area contributed by atoms with Gasteiger partial charge in [-0.2, -0.15) is 0 Å².